The van der Waals surface area contributed by atoms with E-state index in [4.69, 9.17) is 0 Å². The molecular formula is C15H21NO. The van der Waals surface area contributed by atoms with E-state index in [2.05, 4.69) is 39.0 Å². The lowest BCUT2D eigenvalue weighted by Crippen LogP contribution is -2.52. The highest BCUT2D eigenvalue weighted by molar-refractivity contribution is 5.94. The highest BCUT2D eigenvalue weighted by Gasteiger charge is 2.40. The fourth-order valence-electron chi connectivity index (χ4n) is 3.11. The lowest BCUT2D eigenvalue weighted by atomic mass is 9.77. The first-order valence-electron chi connectivity index (χ1n) is 6.39. The predicted molar refractivity (Wildman–Crippen MR) is 71.3 cm³/mol. The summed E-state index contributed by atoms with van der Waals surface area (Å²) in [6, 6.07) is 8.29. The van der Waals surface area contributed by atoms with Gasteiger partial charge in [0.25, 0.3) is 0 Å². The molecule has 2 rings (SSSR count). The van der Waals surface area contributed by atoms with E-state index in [1.54, 1.807) is 6.92 Å². The van der Waals surface area contributed by atoms with Gasteiger partial charge in [-0.05, 0) is 37.3 Å². The summed E-state index contributed by atoms with van der Waals surface area (Å²) >= 11 is 0. The van der Waals surface area contributed by atoms with Crippen molar-refractivity contribution in [1.82, 2.24) is 0 Å². The first-order valence-corrected chi connectivity index (χ1v) is 6.39. The quantitative estimate of drug-likeness (QED) is 0.721. The SMILES string of the molecule is CCC1(C)CC(C)c2ccccc2N1C(C)=O. The molecule has 2 unspecified atom stereocenters. The van der Waals surface area contributed by atoms with Gasteiger partial charge in [-0.15, -0.1) is 0 Å². The third-order valence-electron chi connectivity index (χ3n) is 4.07. The van der Waals surface area contributed by atoms with Crippen molar-refractivity contribution in [2.24, 2.45) is 0 Å². The maximum atomic E-state index is 12.0. The molecule has 0 aromatic heterocycles. The highest BCUT2D eigenvalue weighted by Crippen LogP contribution is 2.44. The van der Waals surface area contributed by atoms with Gasteiger partial charge in [0.15, 0.2) is 0 Å². The summed E-state index contributed by atoms with van der Waals surface area (Å²) in [5.41, 5.74) is 2.36. The smallest absolute Gasteiger partial charge is 0.224 e. The van der Waals surface area contributed by atoms with Crippen LogP contribution >= 0.6 is 0 Å². The molecule has 0 saturated heterocycles. The topological polar surface area (TPSA) is 20.3 Å². The Bertz CT molecular complexity index is 440. The van der Waals surface area contributed by atoms with Gasteiger partial charge >= 0.3 is 0 Å². The van der Waals surface area contributed by atoms with E-state index in [0.29, 0.717) is 5.92 Å². The van der Waals surface area contributed by atoms with Gasteiger partial charge in [0.1, 0.15) is 0 Å². The molecule has 1 heterocycles. The number of benzene rings is 1. The van der Waals surface area contributed by atoms with Crippen molar-refractivity contribution >= 4 is 11.6 Å². The molecule has 1 aromatic rings. The molecular weight excluding hydrogens is 210 g/mol. The maximum absolute atomic E-state index is 12.0. The van der Waals surface area contributed by atoms with Crippen molar-refractivity contribution in [3.63, 3.8) is 0 Å². The number of rotatable bonds is 1. The van der Waals surface area contributed by atoms with E-state index in [9.17, 15) is 4.79 Å². The average molecular weight is 231 g/mol. The summed E-state index contributed by atoms with van der Waals surface area (Å²) in [5, 5.41) is 0. The van der Waals surface area contributed by atoms with Crippen molar-refractivity contribution in [3.05, 3.63) is 29.8 Å². The molecule has 0 aliphatic carbocycles. The molecule has 2 heteroatoms. The second-order valence-corrected chi connectivity index (χ2v) is 5.37. The average Bonchev–Trinajstić information content (AvgIpc) is 2.28. The molecule has 0 bridgehead atoms. The third kappa shape index (κ3) is 1.86. The minimum absolute atomic E-state index is 0.0421. The molecule has 1 aliphatic rings. The number of carbonyl (C=O) groups is 1. The number of hydrogen-bond acceptors (Lipinski definition) is 1. The van der Waals surface area contributed by atoms with Crippen LogP contribution in [-0.4, -0.2) is 11.4 Å². The molecule has 92 valence electrons. The van der Waals surface area contributed by atoms with E-state index in [0.717, 1.165) is 18.5 Å². The number of carbonyl (C=O) groups excluding carboxylic acids is 1. The van der Waals surface area contributed by atoms with E-state index in [1.807, 2.05) is 11.0 Å². The number of fused-ring (bicyclic) bond motifs is 1. The Labute approximate surface area is 104 Å². The molecule has 0 N–H and O–H groups in total. The lowest BCUT2D eigenvalue weighted by Gasteiger charge is -2.47. The Morgan fingerprint density at radius 3 is 2.71 bits per heavy atom. The monoisotopic (exact) mass is 231 g/mol. The van der Waals surface area contributed by atoms with Gasteiger partial charge in [-0.1, -0.05) is 32.0 Å². The van der Waals surface area contributed by atoms with Crippen LogP contribution in [0.3, 0.4) is 0 Å². The summed E-state index contributed by atoms with van der Waals surface area (Å²) < 4.78 is 0. The summed E-state index contributed by atoms with van der Waals surface area (Å²) in [7, 11) is 0. The van der Waals surface area contributed by atoms with Gasteiger partial charge in [-0.3, -0.25) is 4.79 Å². The zero-order chi connectivity index (χ0) is 12.6. The number of nitrogens with zero attached hydrogens (tertiary/aromatic N) is 1. The first-order chi connectivity index (χ1) is 7.99. The van der Waals surface area contributed by atoms with E-state index >= 15 is 0 Å². The van der Waals surface area contributed by atoms with Gasteiger partial charge in [0.05, 0.1) is 0 Å². The van der Waals surface area contributed by atoms with Crippen molar-refractivity contribution < 1.29 is 4.79 Å². The van der Waals surface area contributed by atoms with E-state index in [-0.39, 0.29) is 11.4 Å². The fourth-order valence-corrected chi connectivity index (χ4v) is 3.11. The number of amides is 1. The minimum Gasteiger partial charge on any atom is -0.307 e. The Hall–Kier alpha value is -1.31. The van der Waals surface area contributed by atoms with Gasteiger partial charge in [-0.25, -0.2) is 0 Å². The van der Waals surface area contributed by atoms with Crippen LogP contribution in [0.1, 0.15) is 52.0 Å². The molecule has 0 radical (unpaired) electrons. The van der Waals surface area contributed by atoms with Gasteiger partial charge in [0.2, 0.25) is 5.91 Å². The largest absolute Gasteiger partial charge is 0.307 e. The summed E-state index contributed by atoms with van der Waals surface area (Å²) in [4.78, 5) is 14.0. The molecule has 17 heavy (non-hydrogen) atoms. The Morgan fingerprint density at radius 1 is 1.47 bits per heavy atom. The fraction of sp³-hybridized carbons (Fsp3) is 0.533. The van der Waals surface area contributed by atoms with Gasteiger partial charge < -0.3 is 4.90 Å². The van der Waals surface area contributed by atoms with Crippen LogP contribution in [0.5, 0.6) is 0 Å². The minimum atomic E-state index is -0.0421. The Kier molecular flexibility index (Phi) is 2.98. The number of anilines is 1. The third-order valence-corrected chi connectivity index (χ3v) is 4.07. The van der Waals surface area contributed by atoms with Crippen LogP contribution in [0.15, 0.2) is 24.3 Å². The standard InChI is InChI=1S/C15H21NO/c1-5-15(4)10-11(2)13-8-6-7-9-14(13)16(15)12(3)17/h6-9,11H,5,10H2,1-4H3. The van der Waals surface area contributed by atoms with Crippen LogP contribution in [0.25, 0.3) is 0 Å². The summed E-state index contributed by atoms with van der Waals surface area (Å²) in [5.74, 6) is 0.667. The first kappa shape index (κ1) is 12.2. The zero-order valence-corrected chi connectivity index (χ0v) is 11.2. The highest BCUT2D eigenvalue weighted by atomic mass is 16.2. The van der Waals surface area contributed by atoms with Crippen molar-refractivity contribution in [2.45, 2.75) is 52.0 Å². The number of hydrogen-bond donors (Lipinski definition) is 0. The van der Waals surface area contributed by atoms with Crippen LogP contribution < -0.4 is 4.90 Å². The van der Waals surface area contributed by atoms with Crippen molar-refractivity contribution in [3.8, 4) is 0 Å². The maximum Gasteiger partial charge on any atom is 0.224 e. The Morgan fingerprint density at radius 2 is 2.12 bits per heavy atom. The molecule has 0 fully saturated rings. The van der Waals surface area contributed by atoms with Crippen LogP contribution in [0, 0.1) is 0 Å². The van der Waals surface area contributed by atoms with Gasteiger partial charge in [0, 0.05) is 18.2 Å². The molecule has 0 spiro atoms. The number of para-hydroxylation sites is 1. The molecule has 1 aliphatic heterocycles. The second-order valence-electron chi connectivity index (χ2n) is 5.37. The van der Waals surface area contributed by atoms with Crippen molar-refractivity contribution in [2.75, 3.05) is 4.90 Å². The zero-order valence-electron chi connectivity index (χ0n) is 11.2. The molecule has 0 saturated carbocycles. The van der Waals surface area contributed by atoms with Crippen LogP contribution in [0.2, 0.25) is 0 Å². The lowest BCUT2D eigenvalue weighted by molar-refractivity contribution is -0.118. The normalized spacial score (nSPS) is 27.8. The van der Waals surface area contributed by atoms with E-state index < -0.39 is 0 Å². The second kappa shape index (κ2) is 4.17. The molecule has 2 atom stereocenters. The Balaban J connectivity index is 2.58. The predicted octanol–water partition coefficient (Wildman–Crippen LogP) is 3.72. The van der Waals surface area contributed by atoms with Crippen molar-refractivity contribution in [1.29, 1.82) is 0 Å². The molecule has 1 aromatic carbocycles. The summed E-state index contributed by atoms with van der Waals surface area (Å²) in [6.45, 7) is 8.28. The van der Waals surface area contributed by atoms with E-state index in [1.165, 1.54) is 5.56 Å². The molecule has 2 nitrogen and oxygen atoms in total. The molecule has 1 amide bonds. The van der Waals surface area contributed by atoms with Crippen LogP contribution in [-0.2, 0) is 4.79 Å². The van der Waals surface area contributed by atoms with Crippen LogP contribution in [0.4, 0.5) is 5.69 Å². The summed E-state index contributed by atoms with van der Waals surface area (Å²) in [6.07, 6.45) is 2.03. The van der Waals surface area contributed by atoms with Gasteiger partial charge in [-0.2, -0.15) is 0 Å².